The summed E-state index contributed by atoms with van der Waals surface area (Å²) in [6.45, 7) is 6.54. The van der Waals surface area contributed by atoms with Crippen LogP contribution in [0.2, 0.25) is 0 Å². The zero-order valence-corrected chi connectivity index (χ0v) is 11.2. The zero-order chi connectivity index (χ0) is 12.6. The largest absolute Gasteiger partial charge is 0.315 e. The average molecular weight is 242 g/mol. The Kier molecular flexibility index (Phi) is 5.26. The molecule has 2 heteroatoms. The first-order chi connectivity index (χ1) is 8.90. The molecule has 96 valence electrons. The maximum absolute atomic E-state index is 3.43. The van der Waals surface area contributed by atoms with Gasteiger partial charge in [-0.25, -0.2) is 0 Å². The summed E-state index contributed by atoms with van der Waals surface area (Å²) >= 11 is 0. The van der Waals surface area contributed by atoms with E-state index in [2.05, 4.69) is 41.1 Å². The van der Waals surface area contributed by atoms with Gasteiger partial charge < -0.3 is 5.32 Å². The van der Waals surface area contributed by atoms with Gasteiger partial charge in [0, 0.05) is 18.2 Å². The molecule has 0 bridgehead atoms. The second kappa shape index (κ2) is 7.20. The molecular weight excluding hydrogens is 220 g/mol. The van der Waals surface area contributed by atoms with Crippen LogP contribution in [0.1, 0.15) is 25.3 Å². The number of benzene rings is 1. The third kappa shape index (κ3) is 3.87. The predicted molar refractivity (Wildman–Crippen MR) is 76.5 cm³/mol. The van der Waals surface area contributed by atoms with Crippen molar-refractivity contribution in [1.29, 1.82) is 0 Å². The Labute approximate surface area is 110 Å². The van der Waals surface area contributed by atoms with Crippen LogP contribution in [0.5, 0.6) is 0 Å². The highest BCUT2D eigenvalue weighted by atomic mass is 15.2. The molecule has 1 aromatic carbocycles. The number of hydrogen-bond acceptors (Lipinski definition) is 2. The third-order valence-corrected chi connectivity index (χ3v) is 3.35. The van der Waals surface area contributed by atoms with Gasteiger partial charge in [-0.05, 0) is 38.1 Å². The lowest BCUT2D eigenvalue weighted by Gasteiger charge is -2.25. The molecule has 0 spiro atoms. The van der Waals surface area contributed by atoms with Crippen molar-refractivity contribution in [2.75, 3.05) is 26.2 Å². The first kappa shape index (κ1) is 13.1. The van der Waals surface area contributed by atoms with Crippen molar-refractivity contribution in [3.63, 3.8) is 0 Å². The molecule has 1 heterocycles. The zero-order valence-electron chi connectivity index (χ0n) is 11.2. The second-order valence-corrected chi connectivity index (χ2v) is 4.78. The molecule has 1 aliphatic heterocycles. The van der Waals surface area contributed by atoms with Gasteiger partial charge in [0.1, 0.15) is 0 Å². The molecule has 1 atom stereocenters. The Balaban J connectivity index is 1.91. The summed E-state index contributed by atoms with van der Waals surface area (Å²) in [7, 11) is 0. The Morgan fingerprint density at radius 3 is 2.83 bits per heavy atom. The van der Waals surface area contributed by atoms with E-state index in [1.54, 1.807) is 0 Å². The van der Waals surface area contributed by atoms with Crippen molar-refractivity contribution in [3.8, 4) is 11.8 Å². The first-order valence-corrected chi connectivity index (χ1v) is 6.89. The molecule has 1 fully saturated rings. The minimum atomic E-state index is 0.676. The Bertz CT molecular complexity index is 396. The van der Waals surface area contributed by atoms with Crippen molar-refractivity contribution in [2.45, 2.75) is 25.8 Å². The molecule has 1 unspecified atom stereocenters. The van der Waals surface area contributed by atoms with Gasteiger partial charge in [-0.1, -0.05) is 37.0 Å². The Morgan fingerprint density at radius 1 is 1.33 bits per heavy atom. The SMILES string of the molecule is CCCN(CC#Cc1ccccc1)C1CCNC1. The van der Waals surface area contributed by atoms with Crippen LogP contribution in [0.25, 0.3) is 0 Å². The van der Waals surface area contributed by atoms with Crippen molar-refractivity contribution >= 4 is 0 Å². The summed E-state index contributed by atoms with van der Waals surface area (Å²) in [6, 6.07) is 10.9. The lowest BCUT2D eigenvalue weighted by molar-refractivity contribution is 0.235. The minimum Gasteiger partial charge on any atom is -0.315 e. The van der Waals surface area contributed by atoms with E-state index in [1.807, 2.05) is 18.2 Å². The molecule has 0 saturated carbocycles. The van der Waals surface area contributed by atoms with Crippen LogP contribution in [0.15, 0.2) is 30.3 Å². The average Bonchev–Trinajstić information content (AvgIpc) is 2.93. The number of rotatable bonds is 4. The molecule has 1 N–H and O–H groups in total. The van der Waals surface area contributed by atoms with Gasteiger partial charge in [-0.15, -0.1) is 0 Å². The van der Waals surface area contributed by atoms with Gasteiger partial charge >= 0.3 is 0 Å². The molecule has 0 radical (unpaired) electrons. The monoisotopic (exact) mass is 242 g/mol. The van der Waals surface area contributed by atoms with Gasteiger partial charge in [0.2, 0.25) is 0 Å². The maximum Gasteiger partial charge on any atom is 0.0608 e. The summed E-state index contributed by atoms with van der Waals surface area (Å²) in [5, 5.41) is 3.43. The quantitative estimate of drug-likeness (QED) is 0.814. The van der Waals surface area contributed by atoms with Crippen molar-refractivity contribution in [3.05, 3.63) is 35.9 Å². The van der Waals surface area contributed by atoms with Crippen LogP contribution < -0.4 is 5.32 Å². The van der Waals surface area contributed by atoms with Crippen molar-refractivity contribution in [1.82, 2.24) is 10.2 Å². The van der Waals surface area contributed by atoms with Crippen molar-refractivity contribution < 1.29 is 0 Å². The molecule has 1 aliphatic rings. The van der Waals surface area contributed by atoms with Crippen LogP contribution in [-0.2, 0) is 0 Å². The number of hydrogen-bond donors (Lipinski definition) is 1. The molecule has 18 heavy (non-hydrogen) atoms. The molecule has 2 rings (SSSR count). The summed E-state index contributed by atoms with van der Waals surface area (Å²) in [4.78, 5) is 2.51. The highest BCUT2D eigenvalue weighted by Gasteiger charge is 2.20. The predicted octanol–water partition coefficient (Wildman–Crippen LogP) is 2.11. The first-order valence-electron chi connectivity index (χ1n) is 6.89. The summed E-state index contributed by atoms with van der Waals surface area (Å²) < 4.78 is 0. The van der Waals surface area contributed by atoms with Crippen LogP contribution in [0.4, 0.5) is 0 Å². The normalized spacial score (nSPS) is 18.7. The molecule has 0 aliphatic carbocycles. The molecule has 1 saturated heterocycles. The van der Waals surface area contributed by atoms with E-state index < -0.39 is 0 Å². The van der Waals surface area contributed by atoms with E-state index in [9.17, 15) is 0 Å². The van der Waals surface area contributed by atoms with Crippen molar-refractivity contribution in [2.24, 2.45) is 0 Å². The van der Waals surface area contributed by atoms with E-state index in [0.29, 0.717) is 6.04 Å². The van der Waals surface area contributed by atoms with Gasteiger partial charge in [0.15, 0.2) is 0 Å². The molecular formula is C16H22N2. The van der Waals surface area contributed by atoms with E-state index in [1.165, 1.54) is 12.8 Å². The summed E-state index contributed by atoms with van der Waals surface area (Å²) in [5.74, 6) is 6.56. The molecule has 0 amide bonds. The second-order valence-electron chi connectivity index (χ2n) is 4.78. The number of nitrogens with one attached hydrogen (secondary N) is 1. The Morgan fingerprint density at radius 2 is 2.17 bits per heavy atom. The van der Waals surface area contributed by atoms with Crippen LogP contribution >= 0.6 is 0 Å². The van der Waals surface area contributed by atoms with E-state index >= 15 is 0 Å². The fraction of sp³-hybridized carbons (Fsp3) is 0.500. The molecule has 2 nitrogen and oxygen atoms in total. The van der Waals surface area contributed by atoms with E-state index in [0.717, 1.165) is 31.7 Å². The van der Waals surface area contributed by atoms with Gasteiger partial charge in [-0.3, -0.25) is 4.90 Å². The van der Waals surface area contributed by atoms with Gasteiger partial charge in [0.05, 0.1) is 6.54 Å². The molecule has 1 aromatic rings. The highest BCUT2D eigenvalue weighted by Crippen LogP contribution is 2.08. The topological polar surface area (TPSA) is 15.3 Å². The Hall–Kier alpha value is -1.30. The fourth-order valence-corrected chi connectivity index (χ4v) is 2.39. The van der Waals surface area contributed by atoms with E-state index in [-0.39, 0.29) is 0 Å². The third-order valence-electron chi connectivity index (χ3n) is 3.35. The standard InChI is InChI=1S/C16H22N2/c1-2-12-18(16-10-11-17-14-16)13-6-9-15-7-4-3-5-8-15/h3-5,7-8,16-17H,2,10-14H2,1H3. The highest BCUT2D eigenvalue weighted by molar-refractivity contribution is 5.33. The summed E-state index contributed by atoms with van der Waals surface area (Å²) in [5.41, 5.74) is 1.11. The number of nitrogens with zero attached hydrogens (tertiary/aromatic N) is 1. The van der Waals surface area contributed by atoms with E-state index in [4.69, 9.17) is 0 Å². The lowest BCUT2D eigenvalue weighted by Crippen LogP contribution is -2.37. The fourth-order valence-electron chi connectivity index (χ4n) is 2.39. The minimum absolute atomic E-state index is 0.676. The smallest absolute Gasteiger partial charge is 0.0608 e. The maximum atomic E-state index is 3.43. The molecule has 0 aromatic heterocycles. The summed E-state index contributed by atoms with van der Waals surface area (Å²) in [6.07, 6.45) is 2.45. The van der Waals surface area contributed by atoms with Gasteiger partial charge in [0.25, 0.3) is 0 Å². The van der Waals surface area contributed by atoms with Crippen LogP contribution in [-0.4, -0.2) is 37.1 Å². The lowest BCUT2D eigenvalue weighted by atomic mass is 10.2. The van der Waals surface area contributed by atoms with Crippen LogP contribution in [0, 0.1) is 11.8 Å². The van der Waals surface area contributed by atoms with Gasteiger partial charge in [-0.2, -0.15) is 0 Å². The van der Waals surface area contributed by atoms with Crippen LogP contribution in [0.3, 0.4) is 0 Å².